The van der Waals surface area contributed by atoms with Crippen LogP contribution >= 0.6 is 15.9 Å². The Morgan fingerprint density at radius 3 is 2.56 bits per heavy atom. The summed E-state index contributed by atoms with van der Waals surface area (Å²) >= 11 is 3.07. The highest BCUT2D eigenvalue weighted by atomic mass is 79.9. The molecule has 0 N–H and O–H groups in total. The smallest absolute Gasteiger partial charge is 0.304 e. The first kappa shape index (κ1) is 13.1. The number of aromatic nitrogens is 2. The molecule has 0 radical (unpaired) electrons. The number of hydrogen-bond acceptors (Lipinski definition) is 1. The maximum atomic E-state index is 12.9. The Kier molecular flexibility index (Phi) is 3.47. The first-order chi connectivity index (χ1) is 8.43. The fourth-order valence-corrected chi connectivity index (χ4v) is 2.23. The van der Waals surface area contributed by atoms with E-state index in [0.29, 0.717) is 11.5 Å². The van der Waals surface area contributed by atoms with Crippen LogP contribution < -0.4 is 0 Å². The lowest BCUT2D eigenvalue weighted by molar-refractivity contribution is -0.138. The molecule has 0 spiro atoms. The van der Waals surface area contributed by atoms with Crippen LogP contribution in [0.2, 0.25) is 0 Å². The average molecular weight is 319 g/mol. The zero-order valence-electron chi connectivity index (χ0n) is 9.50. The second kappa shape index (κ2) is 4.76. The Morgan fingerprint density at radius 1 is 1.33 bits per heavy atom. The molecule has 2 nitrogen and oxygen atoms in total. The van der Waals surface area contributed by atoms with Gasteiger partial charge in [0.25, 0.3) is 0 Å². The van der Waals surface area contributed by atoms with E-state index in [1.54, 1.807) is 30.0 Å². The third-order valence-corrected chi connectivity index (χ3v) is 3.25. The van der Waals surface area contributed by atoms with Crippen molar-refractivity contribution in [3.63, 3.8) is 0 Å². The van der Waals surface area contributed by atoms with E-state index in [4.69, 9.17) is 0 Å². The molecule has 0 aliphatic carbocycles. The SMILES string of the molecule is Cc1nccn1-c1ccc(CBr)c(C(F)(F)F)c1. The van der Waals surface area contributed by atoms with Gasteiger partial charge in [0, 0.05) is 23.4 Å². The monoisotopic (exact) mass is 318 g/mol. The van der Waals surface area contributed by atoms with Gasteiger partial charge in [-0.1, -0.05) is 22.0 Å². The summed E-state index contributed by atoms with van der Waals surface area (Å²) in [5.41, 5.74) is 0.0658. The summed E-state index contributed by atoms with van der Waals surface area (Å²) in [4.78, 5) is 4.00. The largest absolute Gasteiger partial charge is 0.416 e. The molecule has 18 heavy (non-hydrogen) atoms. The summed E-state index contributed by atoms with van der Waals surface area (Å²) in [5, 5.41) is 0.172. The van der Waals surface area contributed by atoms with Gasteiger partial charge in [0.1, 0.15) is 5.82 Å². The number of benzene rings is 1. The summed E-state index contributed by atoms with van der Waals surface area (Å²) in [6, 6.07) is 4.28. The number of halogens is 4. The van der Waals surface area contributed by atoms with E-state index in [0.717, 1.165) is 6.07 Å². The molecule has 0 bridgehead atoms. The third kappa shape index (κ3) is 2.43. The van der Waals surface area contributed by atoms with Crippen LogP contribution in [0.3, 0.4) is 0 Å². The molecule has 0 saturated heterocycles. The Bertz CT molecular complexity index is 561. The predicted molar refractivity (Wildman–Crippen MR) is 65.9 cm³/mol. The van der Waals surface area contributed by atoms with Gasteiger partial charge in [-0.2, -0.15) is 13.2 Å². The molecular formula is C12H10BrF3N2. The van der Waals surface area contributed by atoms with Crippen LogP contribution in [0.25, 0.3) is 5.69 Å². The number of hydrogen-bond donors (Lipinski definition) is 0. The minimum atomic E-state index is -4.35. The lowest BCUT2D eigenvalue weighted by atomic mass is 10.1. The van der Waals surface area contributed by atoms with Crippen molar-refractivity contribution in [1.29, 1.82) is 0 Å². The molecule has 6 heteroatoms. The second-order valence-electron chi connectivity index (χ2n) is 3.82. The van der Waals surface area contributed by atoms with Gasteiger partial charge >= 0.3 is 6.18 Å². The van der Waals surface area contributed by atoms with Gasteiger partial charge in [0.15, 0.2) is 0 Å². The van der Waals surface area contributed by atoms with Gasteiger partial charge < -0.3 is 4.57 Å². The lowest BCUT2D eigenvalue weighted by Gasteiger charge is -2.14. The standard InChI is InChI=1S/C12H10BrF3N2/c1-8-17-4-5-18(8)10-3-2-9(7-13)11(6-10)12(14,15)16/h2-6H,7H2,1H3. The number of nitrogens with zero attached hydrogens (tertiary/aromatic N) is 2. The number of rotatable bonds is 2. The molecule has 2 rings (SSSR count). The Hall–Kier alpha value is -1.30. The lowest BCUT2D eigenvalue weighted by Crippen LogP contribution is -2.10. The quantitative estimate of drug-likeness (QED) is 0.762. The summed E-state index contributed by atoms with van der Waals surface area (Å²) in [6.07, 6.45) is -1.16. The molecule has 0 amide bonds. The van der Waals surface area contributed by atoms with Crippen molar-refractivity contribution in [1.82, 2.24) is 9.55 Å². The molecule has 0 fully saturated rings. The van der Waals surface area contributed by atoms with E-state index in [9.17, 15) is 13.2 Å². The van der Waals surface area contributed by atoms with Crippen molar-refractivity contribution < 1.29 is 13.2 Å². The van der Waals surface area contributed by atoms with Crippen molar-refractivity contribution in [2.24, 2.45) is 0 Å². The molecule has 0 aliphatic heterocycles. The average Bonchev–Trinajstić information content (AvgIpc) is 2.73. The number of imidazole rings is 1. The first-order valence-corrected chi connectivity index (χ1v) is 6.32. The van der Waals surface area contributed by atoms with Gasteiger partial charge in [-0.3, -0.25) is 0 Å². The molecule has 0 aliphatic rings. The molecule has 1 heterocycles. The molecule has 0 unspecified atom stereocenters. The zero-order chi connectivity index (χ0) is 13.3. The first-order valence-electron chi connectivity index (χ1n) is 5.20. The highest BCUT2D eigenvalue weighted by Gasteiger charge is 2.33. The van der Waals surface area contributed by atoms with Crippen molar-refractivity contribution in [2.45, 2.75) is 18.4 Å². The Balaban J connectivity index is 2.57. The van der Waals surface area contributed by atoms with Crippen molar-refractivity contribution in [3.8, 4) is 5.69 Å². The molecule has 2 aromatic rings. The van der Waals surface area contributed by atoms with Crippen LogP contribution in [0.4, 0.5) is 13.2 Å². The second-order valence-corrected chi connectivity index (χ2v) is 4.38. The fraction of sp³-hybridized carbons (Fsp3) is 0.250. The van der Waals surface area contributed by atoms with Crippen LogP contribution in [-0.2, 0) is 11.5 Å². The van der Waals surface area contributed by atoms with Crippen LogP contribution in [0.1, 0.15) is 17.0 Å². The van der Waals surface area contributed by atoms with Gasteiger partial charge in [-0.25, -0.2) is 4.98 Å². The molecule has 0 atom stereocenters. The Morgan fingerprint density at radius 2 is 2.06 bits per heavy atom. The molecule has 1 aromatic heterocycles. The molecule has 1 aromatic carbocycles. The van der Waals surface area contributed by atoms with Crippen molar-refractivity contribution in [2.75, 3.05) is 0 Å². The normalized spacial score (nSPS) is 11.8. The summed E-state index contributed by atoms with van der Waals surface area (Å²) in [7, 11) is 0. The summed E-state index contributed by atoms with van der Waals surface area (Å²) in [5.74, 6) is 0.648. The Labute approximate surface area is 111 Å². The van der Waals surface area contributed by atoms with E-state index < -0.39 is 11.7 Å². The number of aryl methyl sites for hydroxylation is 1. The highest BCUT2D eigenvalue weighted by molar-refractivity contribution is 9.08. The van der Waals surface area contributed by atoms with Crippen molar-refractivity contribution >= 4 is 15.9 Å². The third-order valence-electron chi connectivity index (χ3n) is 2.65. The summed E-state index contributed by atoms with van der Waals surface area (Å²) < 4.78 is 40.4. The van der Waals surface area contributed by atoms with Gasteiger partial charge in [-0.05, 0) is 24.6 Å². The minimum absolute atomic E-state index is 0.172. The summed E-state index contributed by atoms with van der Waals surface area (Å²) in [6.45, 7) is 1.74. The maximum absolute atomic E-state index is 12.9. The topological polar surface area (TPSA) is 17.8 Å². The van der Waals surface area contributed by atoms with Gasteiger partial charge in [0.05, 0.1) is 5.56 Å². The van der Waals surface area contributed by atoms with Crippen LogP contribution in [-0.4, -0.2) is 9.55 Å². The molecular weight excluding hydrogens is 309 g/mol. The van der Waals surface area contributed by atoms with Gasteiger partial charge in [-0.15, -0.1) is 0 Å². The number of alkyl halides is 4. The van der Waals surface area contributed by atoms with Crippen molar-refractivity contribution in [3.05, 3.63) is 47.5 Å². The van der Waals surface area contributed by atoms with E-state index in [2.05, 4.69) is 20.9 Å². The van der Waals surface area contributed by atoms with Crippen LogP contribution in [0, 0.1) is 6.92 Å². The van der Waals surface area contributed by atoms with E-state index in [-0.39, 0.29) is 10.9 Å². The minimum Gasteiger partial charge on any atom is -0.304 e. The predicted octanol–water partition coefficient (Wildman–Crippen LogP) is 4.09. The highest BCUT2D eigenvalue weighted by Crippen LogP contribution is 2.34. The van der Waals surface area contributed by atoms with E-state index >= 15 is 0 Å². The van der Waals surface area contributed by atoms with E-state index in [1.165, 1.54) is 6.07 Å². The zero-order valence-corrected chi connectivity index (χ0v) is 11.1. The fourth-order valence-electron chi connectivity index (χ4n) is 1.75. The molecule has 0 saturated carbocycles. The van der Waals surface area contributed by atoms with E-state index in [1.807, 2.05) is 0 Å². The van der Waals surface area contributed by atoms with Crippen LogP contribution in [0.5, 0.6) is 0 Å². The van der Waals surface area contributed by atoms with Gasteiger partial charge in [0.2, 0.25) is 0 Å². The molecule has 96 valence electrons. The maximum Gasteiger partial charge on any atom is 0.416 e. The van der Waals surface area contributed by atoms with Crippen LogP contribution in [0.15, 0.2) is 30.6 Å².